The first-order chi connectivity index (χ1) is 14.1. The number of amides is 1. The summed E-state index contributed by atoms with van der Waals surface area (Å²) in [5, 5.41) is 4.61. The first-order valence-electron chi connectivity index (χ1n) is 9.53. The molecule has 0 radical (unpaired) electrons. The molecule has 0 saturated carbocycles. The van der Waals surface area contributed by atoms with E-state index in [4.69, 9.17) is 21.3 Å². The van der Waals surface area contributed by atoms with Crippen LogP contribution in [0.1, 0.15) is 5.01 Å². The molecule has 4 rings (SSSR count). The summed E-state index contributed by atoms with van der Waals surface area (Å²) in [7, 11) is 1.57. The highest BCUT2D eigenvalue weighted by molar-refractivity contribution is 7.18. The lowest BCUT2D eigenvalue weighted by atomic mass is 10.2. The van der Waals surface area contributed by atoms with Gasteiger partial charge < -0.3 is 10.1 Å². The average Bonchev–Trinajstić information content (AvgIpc) is 3.12. The third kappa shape index (κ3) is 5.05. The van der Waals surface area contributed by atoms with Gasteiger partial charge in [0.05, 0.1) is 36.1 Å². The Morgan fingerprint density at radius 3 is 2.69 bits per heavy atom. The summed E-state index contributed by atoms with van der Waals surface area (Å²) >= 11 is 7.79. The summed E-state index contributed by atoms with van der Waals surface area (Å²) in [5.74, 6) is 0.536. The van der Waals surface area contributed by atoms with E-state index in [0.29, 0.717) is 23.0 Å². The Hall–Kier alpha value is -2.19. The Bertz CT molecular complexity index is 968. The van der Waals surface area contributed by atoms with Crippen molar-refractivity contribution < 1.29 is 9.53 Å². The third-order valence-electron chi connectivity index (χ3n) is 4.96. The highest BCUT2D eigenvalue weighted by Crippen LogP contribution is 2.27. The molecule has 6 nitrogen and oxygen atoms in total. The number of halogens is 1. The number of carbonyl (C=O) groups is 1. The molecule has 29 heavy (non-hydrogen) atoms. The molecule has 3 aromatic rings. The maximum Gasteiger partial charge on any atom is 0.238 e. The van der Waals surface area contributed by atoms with E-state index in [1.165, 1.54) is 4.70 Å². The van der Waals surface area contributed by atoms with E-state index in [0.717, 1.165) is 43.2 Å². The van der Waals surface area contributed by atoms with Crippen molar-refractivity contribution in [2.45, 2.75) is 6.54 Å². The maximum atomic E-state index is 12.5. The fraction of sp³-hybridized carbons (Fsp3) is 0.333. The normalized spacial score (nSPS) is 15.5. The zero-order chi connectivity index (χ0) is 20.2. The smallest absolute Gasteiger partial charge is 0.238 e. The largest absolute Gasteiger partial charge is 0.495 e. The fourth-order valence-electron chi connectivity index (χ4n) is 3.46. The Morgan fingerprint density at radius 2 is 1.93 bits per heavy atom. The van der Waals surface area contributed by atoms with Crippen LogP contribution in [0.15, 0.2) is 42.5 Å². The molecule has 0 unspecified atom stereocenters. The molecule has 152 valence electrons. The van der Waals surface area contributed by atoms with Gasteiger partial charge in [-0.05, 0) is 30.3 Å². The molecule has 0 atom stereocenters. The lowest BCUT2D eigenvalue weighted by molar-refractivity contribution is -0.117. The van der Waals surface area contributed by atoms with Crippen molar-refractivity contribution in [3.05, 3.63) is 52.5 Å². The van der Waals surface area contributed by atoms with Crippen LogP contribution in [0.25, 0.3) is 10.2 Å². The van der Waals surface area contributed by atoms with E-state index >= 15 is 0 Å². The van der Waals surface area contributed by atoms with Crippen molar-refractivity contribution in [1.29, 1.82) is 0 Å². The predicted molar refractivity (Wildman–Crippen MR) is 118 cm³/mol. The lowest BCUT2D eigenvalue weighted by Gasteiger charge is -2.33. The van der Waals surface area contributed by atoms with Crippen molar-refractivity contribution in [2.75, 3.05) is 45.2 Å². The second kappa shape index (κ2) is 9.09. The number of carbonyl (C=O) groups excluding carboxylic acids is 1. The van der Waals surface area contributed by atoms with E-state index in [1.807, 2.05) is 12.1 Å². The molecule has 0 bridgehead atoms. The number of aromatic nitrogens is 1. The number of nitrogens with zero attached hydrogens (tertiary/aromatic N) is 3. The summed E-state index contributed by atoms with van der Waals surface area (Å²) in [4.78, 5) is 21.7. The van der Waals surface area contributed by atoms with Crippen LogP contribution in [0, 0.1) is 0 Å². The molecule has 1 N–H and O–H groups in total. The molecule has 2 heterocycles. The number of ether oxygens (including phenoxy) is 1. The summed E-state index contributed by atoms with van der Waals surface area (Å²) in [6.07, 6.45) is 0. The van der Waals surface area contributed by atoms with Crippen LogP contribution in [-0.2, 0) is 11.3 Å². The van der Waals surface area contributed by atoms with Gasteiger partial charge in [0.25, 0.3) is 0 Å². The number of nitrogens with one attached hydrogen (secondary N) is 1. The molecule has 1 saturated heterocycles. The summed E-state index contributed by atoms with van der Waals surface area (Å²) in [6.45, 7) is 4.76. The fourth-order valence-corrected chi connectivity index (χ4v) is 4.64. The van der Waals surface area contributed by atoms with Crippen molar-refractivity contribution in [3.63, 3.8) is 0 Å². The molecule has 0 spiro atoms. The Kier molecular flexibility index (Phi) is 6.30. The minimum Gasteiger partial charge on any atom is -0.495 e. The highest BCUT2D eigenvalue weighted by atomic mass is 35.5. The van der Waals surface area contributed by atoms with Gasteiger partial charge in [-0.1, -0.05) is 23.7 Å². The number of hydrogen-bond acceptors (Lipinski definition) is 6. The van der Waals surface area contributed by atoms with Crippen LogP contribution in [0.2, 0.25) is 5.02 Å². The molecule has 8 heteroatoms. The Morgan fingerprint density at radius 1 is 1.17 bits per heavy atom. The van der Waals surface area contributed by atoms with E-state index in [-0.39, 0.29) is 5.91 Å². The summed E-state index contributed by atoms with van der Waals surface area (Å²) < 4.78 is 6.52. The zero-order valence-electron chi connectivity index (χ0n) is 16.2. The van der Waals surface area contributed by atoms with Crippen molar-refractivity contribution in [2.24, 2.45) is 0 Å². The highest BCUT2D eigenvalue weighted by Gasteiger charge is 2.20. The lowest BCUT2D eigenvalue weighted by Crippen LogP contribution is -2.48. The van der Waals surface area contributed by atoms with Crippen LogP contribution in [0.4, 0.5) is 5.69 Å². The SMILES string of the molecule is COc1ccc(Cl)cc1NC(=O)CN1CCN(Cc2nc3ccccc3s2)CC1. The quantitative estimate of drug-likeness (QED) is 0.646. The van der Waals surface area contributed by atoms with Gasteiger partial charge in [-0.2, -0.15) is 0 Å². The van der Waals surface area contributed by atoms with Gasteiger partial charge in [-0.3, -0.25) is 14.6 Å². The second-order valence-corrected chi connectivity index (χ2v) is 8.57. The van der Waals surface area contributed by atoms with Gasteiger partial charge in [0.2, 0.25) is 5.91 Å². The van der Waals surface area contributed by atoms with Gasteiger partial charge in [-0.15, -0.1) is 11.3 Å². The van der Waals surface area contributed by atoms with Gasteiger partial charge in [0.15, 0.2) is 0 Å². The van der Waals surface area contributed by atoms with Crippen LogP contribution >= 0.6 is 22.9 Å². The topological polar surface area (TPSA) is 57.7 Å². The first-order valence-corrected chi connectivity index (χ1v) is 10.7. The van der Waals surface area contributed by atoms with Gasteiger partial charge in [0, 0.05) is 31.2 Å². The Labute approximate surface area is 179 Å². The van der Waals surface area contributed by atoms with Gasteiger partial charge in [-0.25, -0.2) is 4.98 Å². The van der Waals surface area contributed by atoms with E-state index in [9.17, 15) is 4.79 Å². The van der Waals surface area contributed by atoms with Gasteiger partial charge >= 0.3 is 0 Å². The minimum atomic E-state index is -0.0646. The standard InChI is InChI=1S/C21H23ClN4O2S/c1-28-18-7-6-15(22)12-17(18)23-20(27)13-25-8-10-26(11-9-25)14-21-24-16-4-2-3-5-19(16)29-21/h2-7,12H,8-11,13-14H2,1H3,(H,23,27). The average molecular weight is 431 g/mol. The van der Waals surface area contributed by atoms with Crippen LogP contribution in [0.5, 0.6) is 5.75 Å². The number of anilines is 1. The number of methoxy groups -OCH3 is 1. The molecule has 1 fully saturated rings. The van der Waals surface area contributed by atoms with E-state index in [1.54, 1.807) is 36.6 Å². The van der Waals surface area contributed by atoms with Gasteiger partial charge in [0.1, 0.15) is 10.8 Å². The van der Waals surface area contributed by atoms with Crippen LogP contribution in [0.3, 0.4) is 0 Å². The van der Waals surface area contributed by atoms with Crippen molar-refractivity contribution in [3.8, 4) is 5.75 Å². The number of hydrogen-bond donors (Lipinski definition) is 1. The first kappa shape index (κ1) is 20.1. The number of piperazine rings is 1. The van der Waals surface area contributed by atoms with Crippen LogP contribution in [-0.4, -0.2) is 60.5 Å². The van der Waals surface area contributed by atoms with Crippen molar-refractivity contribution in [1.82, 2.24) is 14.8 Å². The zero-order valence-corrected chi connectivity index (χ0v) is 17.8. The van der Waals surface area contributed by atoms with E-state index < -0.39 is 0 Å². The molecule has 1 aliphatic heterocycles. The number of benzene rings is 2. The third-order valence-corrected chi connectivity index (χ3v) is 6.22. The Balaban J connectivity index is 1.27. The molecule has 1 amide bonds. The number of rotatable bonds is 6. The maximum absolute atomic E-state index is 12.5. The molecule has 1 aromatic heterocycles. The number of para-hydroxylation sites is 1. The molecule has 0 aliphatic carbocycles. The number of fused-ring (bicyclic) bond motifs is 1. The summed E-state index contributed by atoms with van der Waals surface area (Å²) in [5.41, 5.74) is 1.67. The number of thiazole rings is 1. The van der Waals surface area contributed by atoms with E-state index in [2.05, 4.69) is 27.2 Å². The monoisotopic (exact) mass is 430 g/mol. The minimum absolute atomic E-state index is 0.0646. The molecule has 2 aromatic carbocycles. The summed E-state index contributed by atoms with van der Waals surface area (Å²) in [6, 6.07) is 13.4. The molecule has 1 aliphatic rings. The van der Waals surface area contributed by atoms with Crippen LogP contribution < -0.4 is 10.1 Å². The van der Waals surface area contributed by atoms with Crippen molar-refractivity contribution >= 4 is 44.7 Å². The second-order valence-electron chi connectivity index (χ2n) is 7.02. The molecular weight excluding hydrogens is 408 g/mol. The molecular formula is C21H23ClN4O2S. The predicted octanol–water partition coefficient (Wildman–Crippen LogP) is 3.71.